The molecule has 0 fully saturated rings. The van der Waals surface area contributed by atoms with Crippen molar-refractivity contribution in [1.82, 2.24) is 0 Å². The number of ether oxygens (including phenoxy) is 1. The van der Waals surface area contributed by atoms with Gasteiger partial charge in [0.15, 0.2) is 0 Å². The fourth-order valence-corrected chi connectivity index (χ4v) is 0.518. The lowest BCUT2D eigenvalue weighted by Crippen LogP contribution is -2.28. The van der Waals surface area contributed by atoms with Gasteiger partial charge in [-0.3, -0.25) is 0 Å². The van der Waals surface area contributed by atoms with Crippen LogP contribution in [0.1, 0.15) is 27.7 Å². The summed E-state index contributed by atoms with van der Waals surface area (Å²) in [6.45, 7) is 7.59. The normalized spacial score (nSPS) is 12.8. The first-order chi connectivity index (χ1) is 5.13. The standard InChI is InChI=1S/C8H14Cl2O2/c1-7(2,3)5-12-6(11)8(4,9)10/h5H2,1-4H3. The maximum atomic E-state index is 11.0. The first-order valence-corrected chi connectivity index (χ1v) is 4.43. The lowest BCUT2D eigenvalue weighted by atomic mass is 9.99. The highest BCUT2D eigenvalue weighted by Crippen LogP contribution is 2.23. The van der Waals surface area contributed by atoms with Crippen LogP contribution in [0.2, 0.25) is 0 Å². The minimum absolute atomic E-state index is 0.0608. The molecule has 0 aromatic rings. The summed E-state index contributed by atoms with van der Waals surface area (Å²) in [5, 5.41) is 0. The van der Waals surface area contributed by atoms with Crippen LogP contribution < -0.4 is 0 Å². The summed E-state index contributed by atoms with van der Waals surface area (Å²) in [5.41, 5.74) is -0.0608. The van der Waals surface area contributed by atoms with Gasteiger partial charge in [0.1, 0.15) is 0 Å². The van der Waals surface area contributed by atoms with Crippen molar-refractivity contribution in [2.24, 2.45) is 5.41 Å². The Morgan fingerprint density at radius 2 is 1.67 bits per heavy atom. The van der Waals surface area contributed by atoms with Gasteiger partial charge in [0.05, 0.1) is 6.61 Å². The maximum absolute atomic E-state index is 11.0. The van der Waals surface area contributed by atoms with Crippen LogP contribution in [0.4, 0.5) is 0 Å². The van der Waals surface area contributed by atoms with Crippen molar-refractivity contribution in [2.45, 2.75) is 32.0 Å². The summed E-state index contributed by atoms with van der Waals surface area (Å²) in [6.07, 6.45) is 0. The molecule has 0 atom stereocenters. The van der Waals surface area contributed by atoms with E-state index in [1.54, 1.807) is 0 Å². The van der Waals surface area contributed by atoms with Crippen molar-refractivity contribution in [3.8, 4) is 0 Å². The molecule has 0 unspecified atom stereocenters. The Balaban J connectivity index is 3.90. The van der Waals surface area contributed by atoms with Gasteiger partial charge in [0.25, 0.3) is 0 Å². The highest BCUT2D eigenvalue weighted by atomic mass is 35.5. The monoisotopic (exact) mass is 212 g/mol. The molecule has 72 valence electrons. The van der Waals surface area contributed by atoms with Crippen molar-refractivity contribution in [2.75, 3.05) is 6.61 Å². The van der Waals surface area contributed by atoms with Gasteiger partial charge in [-0.15, -0.1) is 0 Å². The molecule has 0 saturated carbocycles. The molecule has 0 aliphatic rings. The second-order valence-corrected chi connectivity index (χ2v) is 5.73. The van der Waals surface area contributed by atoms with Gasteiger partial charge in [-0.25, -0.2) is 4.79 Å². The molecule has 0 aliphatic carbocycles. The molecule has 0 N–H and O–H groups in total. The number of rotatable bonds is 2. The third-order valence-electron chi connectivity index (χ3n) is 0.995. The molecule has 0 spiro atoms. The van der Waals surface area contributed by atoms with Gasteiger partial charge in [0, 0.05) is 0 Å². The molecular weight excluding hydrogens is 199 g/mol. The van der Waals surface area contributed by atoms with Crippen molar-refractivity contribution in [3.05, 3.63) is 0 Å². The summed E-state index contributed by atoms with van der Waals surface area (Å²) in [7, 11) is 0. The Morgan fingerprint density at radius 1 is 1.25 bits per heavy atom. The minimum Gasteiger partial charge on any atom is -0.463 e. The summed E-state index contributed by atoms with van der Waals surface area (Å²) >= 11 is 11.0. The zero-order chi connectivity index (χ0) is 9.99. The Hall–Kier alpha value is 0.0500. The van der Waals surface area contributed by atoms with E-state index in [1.165, 1.54) is 6.92 Å². The number of halogens is 2. The Kier molecular flexibility index (Phi) is 3.86. The van der Waals surface area contributed by atoms with E-state index in [4.69, 9.17) is 27.9 Å². The predicted octanol–water partition coefficient (Wildman–Crippen LogP) is 2.77. The largest absolute Gasteiger partial charge is 0.463 e. The van der Waals surface area contributed by atoms with Gasteiger partial charge in [-0.05, 0) is 12.3 Å². The minimum atomic E-state index is -1.44. The molecule has 4 heteroatoms. The third-order valence-corrected chi connectivity index (χ3v) is 1.30. The number of alkyl halides is 2. The second kappa shape index (κ2) is 3.84. The smallest absolute Gasteiger partial charge is 0.342 e. The van der Waals surface area contributed by atoms with Crippen LogP contribution in [0.3, 0.4) is 0 Å². The summed E-state index contributed by atoms with van der Waals surface area (Å²) in [6, 6.07) is 0. The Bertz CT molecular complexity index is 165. The first-order valence-electron chi connectivity index (χ1n) is 3.68. The SMILES string of the molecule is CC(C)(C)COC(=O)C(C)(Cl)Cl. The fraction of sp³-hybridized carbons (Fsp3) is 0.875. The summed E-state index contributed by atoms with van der Waals surface area (Å²) in [4.78, 5) is 11.0. The van der Waals surface area contributed by atoms with E-state index in [1.807, 2.05) is 20.8 Å². The van der Waals surface area contributed by atoms with E-state index in [-0.39, 0.29) is 5.41 Å². The molecule has 0 aromatic heterocycles. The Labute approximate surface area is 83.2 Å². The van der Waals surface area contributed by atoms with Gasteiger partial charge in [-0.2, -0.15) is 0 Å². The average molecular weight is 213 g/mol. The maximum Gasteiger partial charge on any atom is 0.342 e. The molecule has 0 aromatic carbocycles. The Morgan fingerprint density at radius 3 is 1.92 bits per heavy atom. The molecule has 12 heavy (non-hydrogen) atoms. The molecule has 0 radical (unpaired) electrons. The van der Waals surface area contributed by atoms with Crippen LogP contribution in [0.5, 0.6) is 0 Å². The third kappa shape index (κ3) is 5.67. The molecule has 0 amide bonds. The number of esters is 1. The fourth-order valence-electron chi connectivity index (χ4n) is 0.409. The molecule has 0 rings (SSSR count). The number of hydrogen-bond donors (Lipinski definition) is 0. The van der Waals surface area contributed by atoms with E-state index in [9.17, 15) is 4.79 Å². The van der Waals surface area contributed by atoms with E-state index >= 15 is 0 Å². The van der Waals surface area contributed by atoms with Crippen LogP contribution >= 0.6 is 23.2 Å². The zero-order valence-corrected chi connectivity index (χ0v) is 9.29. The van der Waals surface area contributed by atoms with Crippen molar-refractivity contribution < 1.29 is 9.53 Å². The van der Waals surface area contributed by atoms with Gasteiger partial charge in [-0.1, -0.05) is 44.0 Å². The van der Waals surface area contributed by atoms with E-state index in [0.717, 1.165) is 0 Å². The highest BCUT2D eigenvalue weighted by molar-refractivity contribution is 6.57. The summed E-state index contributed by atoms with van der Waals surface area (Å²) < 4.78 is 3.43. The number of carbonyl (C=O) groups excluding carboxylic acids is 1. The predicted molar refractivity (Wildman–Crippen MR) is 50.5 cm³/mol. The highest BCUT2D eigenvalue weighted by Gasteiger charge is 2.30. The zero-order valence-electron chi connectivity index (χ0n) is 7.78. The van der Waals surface area contributed by atoms with Gasteiger partial charge >= 0.3 is 5.97 Å². The van der Waals surface area contributed by atoms with Crippen LogP contribution in [0.15, 0.2) is 0 Å². The van der Waals surface area contributed by atoms with Crippen LogP contribution in [-0.2, 0) is 9.53 Å². The lowest BCUT2D eigenvalue weighted by Gasteiger charge is -2.20. The topological polar surface area (TPSA) is 26.3 Å². The van der Waals surface area contributed by atoms with Crippen molar-refractivity contribution in [1.29, 1.82) is 0 Å². The van der Waals surface area contributed by atoms with Crippen LogP contribution in [0.25, 0.3) is 0 Å². The summed E-state index contributed by atoms with van der Waals surface area (Å²) in [5.74, 6) is -0.597. The van der Waals surface area contributed by atoms with E-state index < -0.39 is 10.3 Å². The van der Waals surface area contributed by atoms with E-state index in [0.29, 0.717) is 6.61 Å². The van der Waals surface area contributed by atoms with Crippen LogP contribution in [-0.4, -0.2) is 16.9 Å². The number of hydrogen-bond acceptors (Lipinski definition) is 2. The average Bonchev–Trinajstić information content (AvgIpc) is 1.78. The van der Waals surface area contributed by atoms with Crippen molar-refractivity contribution >= 4 is 29.2 Å². The van der Waals surface area contributed by atoms with Gasteiger partial charge in [0.2, 0.25) is 4.33 Å². The van der Waals surface area contributed by atoms with Gasteiger partial charge < -0.3 is 4.74 Å². The molecule has 0 bridgehead atoms. The molecule has 0 saturated heterocycles. The van der Waals surface area contributed by atoms with E-state index in [2.05, 4.69) is 0 Å². The molecule has 2 nitrogen and oxygen atoms in total. The number of carbonyl (C=O) groups is 1. The molecule has 0 aliphatic heterocycles. The first kappa shape index (κ1) is 12.0. The molecular formula is C8H14Cl2O2. The van der Waals surface area contributed by atoms with Crippen LogP contribution in [0, 0.1) is 5.41 Å². The second-order valence-electron chi connectivity index (χ2n) is 4.03. The van der Waals surface area contributed by atoms with Crippen molar-refractivity contribution in [3.63, 3.8) is 0 Å². The quantitative estimate of drug-likeness (QED) is 0.520. The lowest BCUT2D eigenvalue weighted by molar-refractivity contribution is -0.146. The molecule has 0 heterocycles.